The second-order valence-corrected chi connectivity index (χ2v) is 4.98. The van der Waals surface area contributed by atoms with Crippen LogP contribution in [0.2, 0.25) is 0 Å². The lowest BCUT2D eigenvalue weighted by atomic mass is 10.0. The minimum absolute atomic E-state index is 0.0769. The van der Waals surface area contributed by atoms with Crippen LogP contribution in [0.15, 0.2) is 0 Å². The van der Waals surface area contributed by atoms with Gasteiger partial charge in [0.15, 0.2) is 0 Å². The normalized spacial score (nSPS) is 28.0. The smallest absolute Gasteiger partial charge is 0.323 e. The van der Waals surface area contributed by atoms with E-state index in [1.807, 2.05) is 13.8 Å². The van der Waals surface area contributed by atoms with E-state index in [1.165, 1.54) is 11.8 Å². The lowest BCUT2D eigenvalue weighted by Crippen LogP contribution is -2.43. The molecule has 0 saturated carbocycles. The third-order valence-corrected chi connectivity index (χ3v) is 3.03. The molecule has 1 amide bonds. The number of alkyl halides is 3. The summed E-state index contributed by atoms with van der Waals surface area (Å²) in [5.74, 6) is -0.155. The number of hydrogen-bond acceptors (Lipinski definition) is 2. The predicted octanol–water partition coefficient (Wildman–Crippen LogP) is 2.13. The first-order valence-corrected chi connectivity index (χ1v) is 5.78. The van der Waals surface area contributed by atoms with Crippen molar-refractivity contribution in [3.05, 3.63) is 0 Å². The Morgan fingerprint density at radius 1 is 1.35 bits per heavy atom. The fraction of sp³-hybridized carbons (Fsp3) is 0.909. The van der Waals surface area contributed by atoms with Crippen molar-refractivity contribution < 1.29 is 18.0 Å². The summed E-state index contributed by atoms with van der Waals surface area (Å²) in [6.07, 6.45) is -5.54. The lowest BCUT2D eigenvalue weighted by molar-refractivity contribution is -0.153. The summed E-state index contributed by atoms with van der Waals surface area (Å²) in [7, 11) is 0. The molecule has 1 N–H and O–H groups in total. The second kappa shape index (κ2) is 4.84. The van der Waals surface area contributed by atoms with Gasteiger partial charge in [0.2, 0.25) is 5.91 Å². The molecule has 1 fully saturated rings. The van der Waals surface area contributed by atoms with Gasteiger partial charge in [-0.2, -0.15) is 13.2 Å². The number of carbonyl (C=O) groups excluding carboxylic acids is 1. The highest BCUT2D eigenvalue weighted by Gasteiger charge is 2.43. The highest BCUT2D eigenvalue weighted by atomic mass is 19.4. The molecule has 1 rings (SSSR count). The van der Waals surface area contributed by atoms with Crippen LogP contribution in [0.5, 0.6) is 0 Å². The van der Waals surface area contributed by atoms with Crippen LogP contribution in [-0.4, -0.2) is 35.2 Å². The Morgan fingerprint density at radius 2 is 1.88 bits per heavy atom. The minimum atomic E-state index is -4.24. The highest BCUT2D eigenvalue weighted by molar-refractivity contribution is 5.84. The van der Waals surface area contributed by atoms with E-state index in [0.29, 0.717) is 0 Å². The summed E-state index contributed by atoms with van der Waals surface area (Å²) in [4.78, 5) is 13.3. The Morgan fingerprint density at radius 3 is 2.24 bits per heavy atom. The van der Waals surface area contributed by atoms with Crippen LogP contribution in [0.3, 0.4) is 0 Å². The van der Waals surface area contributed by atoms with Crippen LogP contribution in [0.25, 0.3) is 0 Å². The van der Waals surface area contributed by atoms with Gasteiger partial charge >= 0.3 is 6.18 Å². The van der Waals surface area contributed by atoms with Gasteiger partial charge in [-0.15, -0.1) is 0 Å². The second-order valence-electron chi connectivity index (χ2n) is 4.98. The van der Waals surface area contributed by atoms with Crippen LogP contribution in [0.4, 0.5) is 13.2 Å². The lowest BCUT2D eigenvalue weighted by Gasteiger charge is -2.29. The maximum atomic E-state index is 12.3. The van der Waals surface area contributed by atoms with Crippen molar-refractivity contribution in [2.24, 2.45) is 5.92 Å². The number of hydrogen-bond donors (Lipinski definition) is 1. The maximum Gasteiger partial charge on any atom is 0.391 e. The van der Waals surface area contributed by atoms with Crippen LogP contribution in [-0.2, 0) is 4.79 Å². The molecule has 0 spiro atoms. The molecule has 3 nitrogen and oxygen atoms in total. The average molecular weight is 252 g/mol. The Balaban J connectivity index is 2.74. The van der Waals surface area contributed by atoms with Crippen molar-refractivity contribution in [3.8, 4) is 0 Å². The number of nitrogens with one attached hydrogen (secondary N) is 1. The monoisotopic (exact) mass is 252 g/mol. The third-order valence-electron chi connectivity index (χ3n) is 3.03. The topological polar surface area (TPSA) is 32.3 Å². The summed E-state index contributed by atoms with van der Waals surface area (Å²) in [6.45, 7) is 6.90. The standard InChI is InChI=1S/C11H19F3N2O/c1-6(2)9-10(17)16(8(4)15-9)7(3)5-11(12,13)14/h6-9,15H,5H2,1-4H3. The molecule has 3 unspecified atom stereocenters. The van der Waals surface area contributed by atoms with Gasteiger partial charge < -0.3 is 4.90 Å². The SMILES string of the molecule is CC(C)C1NC(C)N(C(C)CC(F)(F)F)C1=O. The molecule has 0 aromatic carbocycles. The van der Waals surface area contributed by atoms with E-state index in [1.54, 1.807) is 6.92 Å². The van der Waals surface area contributed by atoms with Gasteiger partial charge in [-0.05, 0) is 19.8 Å². The molecule has 1 aliphatic heterocycles. The fourth-order valence-corrected chi connectivity index (χ4v) is 2.27. The van der Waals surface area contributed by atoms with Crippen molar-refractivity contribution in [1.82, 2.24) is 10.2 Å². The number of amides is 1. The van der Waals surface area contributed by atoms with Crippen LogP contribution >= 0.6 is 0 Å². The van der Waals surface area contributed by atoms with E-state index in [9.17, 15) is 18.0 Å². The molecular weight excluding hydrogens is 233 g/mol. The van der Waals surface area contributed by atoms with Gasteiger partial charge in [0.1, 0.15) is 0 Å². The van der Waals surface area contributed by atoms with Crippen LogP contribution < -0.4 is 5.32 Å². The van der Waals surface area contributed by atoms with Crippen molar-refractivity contribution >= 4 is 5.91 Å². The summed E-state index contributed by atoms with van der Waals surface area (Å²) in [5.41, 5.74) is 0. The van der Waals surface area contributed by atoms with E-state index in [0.717, 1.165) is 0 Å². The molecule has 0 bridgehead atoms. The summed E-state index contributed by atoms with van der Waals surface area (Å²) >= 11 is 0. The molecule has 3 atom stereocenters. The predicted molar refractivity (Wildman–Crippen MR) is 58.2 cm³/mol. The Labute approximate surface area is 99.4 Å². The Bertz CT molecular complexity index is 291. The first-order chi connectivity index (χ1) is 7.63. The maximum absolute atomic E-state index is 12.3. The zero-order valence-corrected chi connectivity index (χ0v) is 10.5. The number of rotatable bonds is 3. The van der Waals surface area contributed by atoms with Crippen LogP contribution in [0.1, 0.15) is 34.1 Å². The largest absolute Gasteiger partial charge is 0.391 e. The first kappa shape index (κ1) is 14.3. The molecule has 0 radical (unpaired) electrons. The van der Waals surface area contributed by atoms with Crippen molar-refractivity contribution in [2.45, 2.75) is 58.5 Å². The molecule has 0 aromatic rings. The minimum Gasteiger partial charge on any atom is -0.323 e. The summed E-state index contributed by atoms with van der Waals surface area (Å²) in [6, 6.07) is -1.20. The van der Waals surface area contributed by atoms with Crippen molar-refractivity contribution in [3.63, 3.8) is 0 Å². The zero-order valence-electron chi connectivity index (χ0n) is 10.5. The molecule has 0 aromatic heterocycles. The zero-order chi connectivity index (χ0) is 13.4. The molecule has 100 valence electrons. The van der Waals surface area contributed by atoms with E-state index >= 15 is 0 Å². The third kappa shape index (κ3) is 3.34. The van der Waals surface area contributed by atoms with Gasteiger partial charge in [0.25, 0.3) is 0 Å². The Hall–Kier alpha value is -0.780. The number of carbonyl (C=O) groups is 1. The number of nitrogens with zero attached hydrogens (tertiary/aromatic N) is 1. The molecule has 1 aliphatic rings. The number of halogens is 3. The van der Waals surface area contributed by atoms with E-state index in [4.69, 9.17) is 0 Å². The fourth-order valence-electron chi connectivity index (χ4n) is 2.27. The van der Waals surface area contributed by atoms with Gasteiger partial charge in [0.05, 0.1) is 18.6 Å². The van der Waals surface area contributed by atoms with Gasteiger partial charge in [-0.25, -0.2) is 0 Å². The first-order valence-electron chi connectivity index (χ1n) is 5.78. The van der Waals surface area contributed by atoms with Gasteiger partial charge in [-0.1, -0.05) is 13.8 Å². The van der Waals surface area contributed by atoms with Gasteiger partial charge in [-0.3, -0.25) is 10.1 Å². The van der Waals surface area contributed by atoms with Gasteiger partial charge in [0, 0.05) is 6.04 Å². The van der Waals surface area contributed by atoms with E-state index in [2.05, 4.69) is 5.32 Å². The van der Waals surface area contributed by atoms with E-state index in [-0.39, 0.29) is 24.0 Å². The molecule has 6 heteroatoms. The van der Waals surface area contributed by atoms with Crippen molar-refractivity contribution in [1.29, 1.82) is 0 Å². The quantitative estimate of drug-likeness (QED) is 0.834. The molecule has 1 saturated heterocycles. The molecule has 1 heterocycles. The summed E-state index contributed by atoms with van der Waals surface area (Å²) < 4.78 is 36.9. The highest BCUT2D eigenvalue weighted by Crippen LogP contribution is 2.27. The van der Waals surface area contributed by atoms with Crippen LogP contribution in [0, 0.1) is 5.92 Å². The molecule has 17 heavy (non-hydrogen) atoms. The van der Waals surface area contributed by atoms with Crippen molar-refractivity contribution in [2.75, 3.05) is 0 Å². The Kier molecular flexibility index (Phi) is 4.06. The molecule has 0 aliphatic carbocycles. The summed E-state index contributed by atoms with van der Waals surface area (Å²) in [5, 5.41) is 3.03. The van der Waals surface area contributed by atoms with E-state index < -0.39 is 18.6 Å². The average Bonchev–Trinajstić information content (AvgIpc) is 2.38. The molecular formula is C11H19F3N2O.